The van der Waals surface area contributed by atoms with Crippen molar-refractivity contribution in [2.24, 2.45) is 0 Å². The van der Waals surface area contributed by atoms with E-state index in [9.17, 15) is 14.7 Å². The Morgan fingerprint density at radius 1 is 1.42 bits per heavy atom. The highest BCUT2D eigenvalue weighted by atomic mass is 35.5. The molecule has 0 spiro atoms. The number of nitrogens with zero attached hydrogens (tertiary/aromatic N) is 1. The van der Waals surface area contributed by atoms with Crippen LogP contribution >= 0.6 is 11.6 Å². The van der Waals surface area contributed by atoms with Gasteiger partial charge in [-0.3, -0.25) is 4.79 Å². The van der Waals surface area contributed by atoms with Crippen LogP contribution in [0.2, 0.25) is 5.02 Å². The van der Waals surface area contributed by atoms with Crippen molar-refractivity contribution in [3.63, 3.8) is 0 Å². The molecule has 0 saturated carbocycles. The number of pyridine rings is 1. The van der Waals surface area contributed by atoms with Crippen molar-refractivity contribution in [3.8, 4) is 0 Å². The maximum absolute atomic E-state index is 12.1. The maximum Gasteiger partial charge on any atom is 0.355 e. The third-order valence-corrected chi connectivity index (χ3v) is 3.67. The SMILES string of the molecule is Cc1[nH]c(C(=O)OCC(=O)Nc2ccc(Cl)cn2)c(C)c1C(C)O. The first kappa shape index (κ1) is 18.0. The molecular formula is C16H18ClN3O4. The van der Waals surface area contributed by atoms with Crippen LogP contribution in [-0.4, -0.2) is 33.6 Å². The minimum atomic E-state index is -0.706. The molecule has 3 N–H and O–H groups in total. The molecule has 0 aliphatic heterocycles. The van der Waals surface area contributed by atoms with Gasteiger partial charge in [-0.2, -0.15) is 0 Å². The number of carbonyl (C=O) groups is 2. The Labute approximate surface area is 144 Å². The Morgan fingerprint density at radius 2 is 2.12 bits per heavy atom. The molecule has 0 saturated heterocycles. The lowest BCUT2D eigenvalue weighted by atomic mass is 10.1. The summed E-state index contributed by atoms with van der Waals surface area (Å²) in [6, 6.07) is 3.12. The predicted octanol–water partition coefficient (Wildman–Crippen LogP) is 2.53. The molecule has 2 aromatic heterocycles. The largest absolute Gasteiger partial charge is 0.451 e. The van der Waals surface area contributed by atoms with E-state index in [4.69, 9.17) is 16.3 Å². The van der Waals surface area contributed by atoms with Gasteiger partial charge in [0.05, 0.1) is 11.1 Å². The zero-order chi connectivity index (χ0) is 17.9. The van der Waals surface area contributed by atoms with E-state index in [2.05, 4.69) is 15.3 Å². The fraction of sp³-hybridized carbons (Fsp3) is 0.312. The molecule has 24 heavy (non-hydrogen) atoms. The fourth-order valence-electron chi connectivity index (χ4n) is 2.43. The summed E-state index contributed by atoms with van der Waals surface area (Å²) < 4.78 is 5.00. The van der Waals surface area contributed by atoms with Crippen molar-refractivity contribution >= 4 is 29.3 Å². The Hall–Kier alpha value is -2.38. The summed E-state index contributed by atoms with van der Waals surface area (Å²) >= 11 is 5.70. The minimum absolute atomic E-state index is 0.223. The number of hydrogen-bond acceptors (Lipinski definition) is 5. The zero-order valence-electron chi connectivity index (χ0n) is 13.5. The first-order chi connectivity index (χ1) is 11.3. The summed E-state index contributed by atoms with van der Waals surface area (Å²) in [7, 11) is 0. The number of H-pyrrole nitrogens is 1. The molecule has 2 rings (SSSR count). The second-order valence-electron chi connectivity index (χ2n) is 5.33. The van der Waals surface area contributed by atoms with Gasteiger partial charge in [-0.1, -0.05) is 11.6 Å². The van der Waals surface area contributed by atoms with Crippen LogP contribution in [0.25, 0.3) is 0 Å². The summed E-state index contributed by atoms with van der Waals surface area (Å²) in [4.78, 5) is 30.7. The summed E-state index contributed by atoms with van der Waals surface area (Å²) in [5.74, 6) is -0.875. The number of aromatic nitrogens is 2. The highest BCUT2D eigenvalue weighted by Crippen LogP contribution is 2.24. The lowest BCUT2D eigenvalue weighted by Gasteiger charge is -2.07. The summed E-state index contributed by atoms with van der Waals surface area (Å²) in [5, 5.41) is 12.7. The van der Waals surface area contributed by atoms with E-state index < -0.39 is 24.6 Å². The van der Waals surface area contributed by atoms with Crippen LogP contribution in [0.1, 0.15) is 40.3 Å². The maximum atomic E-state index is 12.1. The number of rotatable bonds is 5. The molecule has 1 amide bonds. The molecule has 7 nitrogen and oxygen atoms in total. The molecule has 1 atom stereocenters. The number of aliphatic hydroxyl groups excluding tert-OH is 1. The van der Waals surface area contributed by atoms with Gasteiger partial charge >= 0.3 is 5.97 Å². The molecule has 8 heteroatoms. The minimum Gasteiger partial charge on any atom is -0.451 e. The van der Waals surface area contributed by atoms with E-state index in [1.165, 1.54) is 12.3 Å². The van der Waals surface area contributed by atoms with Gasteiger partial charge in [-0.15, -0.1) is 0 Å². The first-order valence-corrected chi connectivity index (χ1v) is 7.63. The number of aromatic amines is 1. The number of esters is 1. The molecule has 128 valence electrons. The molecular weight excluding hydrogens is 334 g/mol. The lowest BCUT2D eigenvalue weighted by Crippen LogP contribution is -2.21. The van der Waals surface area contributed by atoms with E-state index in [0.717, 1.165) is 0 Å². The van der Waals surface area contributed by atoms with E-state index in [1.807, 2.05) is 0 Å². The molecule has 2 aromatic rings. The van der Waals surface area contributed by atoms with Gasteiger partial charge < -0.3 is 20.1 Å². The van der Waals surface area contributed by atoms with Crippen LogP contribution in [-0.2, 0) is 9.53 Å². The number of aliphatic hydroxyl groups is 1. The van der Waals surface area contributed by atoms with Crippen molar-refractivity contribution in [1.29, 1.82) is 0 Å². The Kier molecular flexibility index (Phi) is 5.58. The highest BCUT2D eigenvalue weighted by Gasteiger charge is 2.21. The third-order valence-electron chi connectivity index (χ3n) is 3.45. The van der Waals surface area contributed by atoms with E-state index in [0.29, 0.717) is 27.7 Å². The molecule has 0 aliphatic rings. The van der Waals surface area contributed by atoms with Gasteiger partial charge in [-0.05, 0) is 38.5 Å². The quantitative estimate of drug-likeness (QED) is 0.718. The van der Waals surface area contributed by atoms with Crippen LogP contribution in [0.3, 0.4) is 0 Å². The molecule has 2 heterocycles. The van der Waals surface area contributed by atoms with Gasteiger partial charge in [-0.25, -0.2) is 9.78 Å². The number of aryl methyl sites for hydroxylation is 1. The topological polar surface area (TPSA) is 104 Å². The Bertz CT molecular complexity index is 753. The van der Waals surface area contributed by atoms with Crippen LogP contribution in [0.5, 0.6) is 0 Å². The van der Waals surface area contributed by atoms with E-state index >= 15 is 0 Å². The number of hydrogen-bond donors (Lipinski definition) is 3. The number of anilines is 1. The van der Waals surface area contributed by atoms with Crippen molar-refractivity contribution in [1.82, 2.24) is 9.97 Å². The summed E-state index contributed by atoms with van der Waals surface area (Å²) in [5.41, 5.74) is 2.16. The standard InChI is InChI=1S/C16H18ClN3O4/c1-8-14(10(3)21)9(2)19-15(8)16(23)24-7-13(22)20-12-5-4-11(17)6-18-12/h4-6,10,19,21H,7H2,1-3H3,(H,18,20,22). The number of halogens is 1. The Morgan fingerprint density at radius 3 is 2.67 bits per heavy atom. The molecule has 0 fully saturated rings. The lowest BCUT2D eigenvalue weighted by molar-refractivity contribution is -0.119. The van der Waals surface area contributed by atoms with Crippen molar-refractivity contribution in [2.45, 2.75) is 26.9 Å². The molecule has 0 aromatic carbocycles. The number of nitrogens with one attached hydrogen (secondary N) is 2. The van der Waals surface area contributed by atoms with Gasteiger partial charge in [0.25, 0.3) is 5.91 Å². The monoisotopic (exact) mass is 351 g/mol. The highest BCUT2D eigenvalue weighted by molar-refractivity contribution is 6.30. The third kappa shape index (κ3) is 4.12. The first-order valence-electron chi connectivity index (χ1n) is 7.25. The number of ether oxygens (including phenoxy) is 1. The predicted molar refractivity (Wildman–Crippen MR) is 89.1 cm³/mol. The molecule has 0 aliphatic carbocycles. The van der Waals surface area contributed by atoms with Crippen molar-refractivity contribution in [3.05, 3.63) is 45.9 Å². The molecule has 0 radical (unpaired) electrons. The molecule has 1 unspecified atom stereocenters. The molecule has 0 bridgehead atoms. The van der Waals surface area contributed by atoms with E-state index in [-0.39, 0.29) is 5.69 Å². The van der Waals surface area contributed by atoms with E-state index in [1.54, 1.807) is 26.8 Å². The van der Waals surface area contributed by atoms with Gasteiger partial charge in [0.2, 0.25) is 0 Å². The smallest absolute Gasteiger partial charge is 0.355 e. The normalized spacial score (nSPS) is 11.9. The van der Waals surface area contributed by atoms with Crippen molar-refractivity contribution < 1.29 is 19.4 Å². The Balaban J connectivity index is 1.97. The van der Waals surface area contributed by atoms with Gasteiger partial charge in [0.1, 0.15) is 11.5 Å². The summed E-state index contributed by atoms with van der Waals surface area (Å²) in [6.07, 6.45) is 0.688. The summed E-state index contributed by atoms with van der Waals surface area (Å²) in [6.45, 7) is 4.63. The zero-order valence-corrected chi connectivity index (χ0v) is 14.3. The second kappa shape index (κ2) is 7.46. The second-order valence-corrected chi connectivity index (χ2v) is 5.76. The fourth-order valence-corrected chi connectivity index (χ4v) is 2.54. The van der Waals surface area contributed by atoms with Crippen LogP contribution in [0.4, 0.5) is 5.82 Å². The number of amides is 1. The average molecular weight is 352 g/mol. The van der Waals surface area contributed by atoms with Crippen LogP contribution in [0, 0.1) is 13.8 Å². The average Bonchev–Trinajstić information content (AvgIpc) is 2.82. The van der Waals surface area contributed by atoms with Crippen LogP contribution in [0.15, 0.2) is 18.3 Å². The number of carbonyl (C=O) groups excluding carboxylic acids is 2. The van der Waals surface area contributed by atoms with Gasteiger partial charge in [0.15, 0.2) is 6.61 Å². The van der Waals surface area contributed by atoms with Gasteiger partial charge in [0, 0.05) is 17.5 Å². The van der Waals surface area contributed by atoms with Crippen molar-refractivity contribution in [2.75, 3.05) is 11.9 Å². The van der Waals surface area contributed by atoms with Crippen LogP contribution < -0.4 is 5.32 Å².